The molecule has 2 aromatic carbocycles. The van der Waals surface area contributed by atoms with Gasteiger partial charge in [0.15, 0.2) is 0 Å². The molecule has 0 aromatic heterocycles. The second kappa shape index (κ2) is 4.89. The van der Waals surface area contributed by atoms with Crippen LogP contribution in [-0.4, -0.2) is 7.05 Å². The Morgan fingerprint density at radius 3 is 2.40 bits per heavy atom. The van der Waals surface area contributed by atoms with Crippen molar-refractivity contribution in [2.45, 2.75) is 31.7 Å². The molecule has 2 fully saturated rings. The Labute approximate surface area is 121 Å². The number of hydrogen-bond acceptors (Lipinski definition) is 1. The molecule has 2 aromatic rings. The summed E-state index contributed by atoms with van der Waals surface area (Å²) in [5, 5.41) is 6.43. The lowest BCUT2D eigenvalue weighted by Crippen LogP contribution is -2.20. The first-order valence-electron chi connectivity index (χ1n) is 8.05. The van der Waals surface area contributed by atoms with Crippen molar-refractivity contribution >= 4 is 10.8 Å². The van der Waals surface area contributed by atoms with E-state index in [1.165, 1.54) is 42.0 Å². The van der Waals surface area contributed by atoms with Gasteiger partial charge < -0.3 is 5.32 Å². The number of rotatable bonds is 3. The fourth-order valence-electron chi connectivity index (χ4n) is 4.62. The summed E-state index contributed by atoms with van der Waals surface area (Å²) in [6.45, 7) is 0. The predicted molar refractivity (Wildman–Crippen MR) is 84.7 cm³/mol. The highest BCUT2D eigenvalue weighted by Crippen LogP contribution is 2.60. The maximum Gasteiger partial charge on any atom is 0.0357 e. The van der Waals surface area contributed by atoms with Gasteiger partial charge in [-0.05, 0) is 54.0 Å². The topological polar surface area (TPSA) is 12.0 Å². The van der Waals surface area contributed by atoms with E-state index in [2.05, 4.69) is 54.8 Å². The molecule has 1 heteroatoms. The van der Waals surface area contributed by atoms with Crippen molar-refractivity contribution in [3.63, 3.8) is 0 Å². The SMILES string of the molecule is CNC(c1cccc2ccccc12)C1C2CCCCC21. The molecule has 4 rings (SSSR count). The smallest absolute Gasteiger partial charge is 0.0357 e. The van der Waals surface area contributed by atoms with Gasteiger partial charge in [0.05, 0.1) is 0 Å². The molecule has 2 aliphatic carbocycles. The standard InChI is InChI=1S/C19H23N/c1-20-19(18-15-10-4-5-11-16(15)18)17-12-6-8-13-7-2-3-9-14(13)17/h2-3,6-9,12,15-16,18-20H,4-5,10-11H2,1H3. The van der Waals surface area contributed by atoms with Gasteiger partial charge in [-0.3, -0.25) is 0 Å². The minimum atomic E-state index is 0.536. The van der Waals surface area contributed by atoms with Crippen molar-refractivity contribution in [1.82, 2.24) is 5.32 Å². The molecule has 3 unspecified atom stereocenters. The molecule has 104 valence electrons. The first kappa shape index (κ1) is 12.4. The minimum absolute atomic E-state index is 0.536. The summed E-state index contributed by atoms with van der Waals surface area (Å²) in [4.78, 5) is 0. The van der Waals surface area contributed by atoms with Gasteiger partial charge >= 0.3 is 0 Å². The number of benzene rings is 2. The molecule has 0 spiro atoms. The van der Waals surface area contributed by atoms with E-state index in [0.717, 1.165) is 17.8 Å². The maximum atomic E-state index is 3.63. The number of nitrogens with one attached hydrogen (secondary N) is 1. The van der Waals surface area contributed by atoms with Crippen LogP contribution in [-0.2, 0) is 0 Å². The van der Waals surface area contributed by atoms with Gasteiger partial charge in [-0.15, -0.1) is 0 Å². The minimum Gasteiger partial charge on any atom is -0.313 e. The van der Waals surface area contributed by atoms with Crippen LogP contribution in [0.4, 0.5) is 0 Å². The third-order valence-electron chi connectivity index (χ3n) is 5.58. The average Bonchev–Trinajstić information content (AvgIpc) is 3.23. The van der Waals surface area contributed by atoms with E-state index in [1.807, 2.05) is 0 Å². The van der Waals surface area contributed by atoms with E-state index in [9.17, 15) is 0 Å². The molecule has 0 heterocycles. The van der Waals surface area contributed by atoms with Gasteiger partial charge in [-0.1, -0.05) is 55.3 Å². The fraction of sp³-hybridized carbons (Fsp3) is 0.474. The van der Waals surface area contributed by atoms with Gasteiger partial charge in [0, 0.05) is 6.04 Å². The zero-order valence-electron chi connectivity index (χ0n) is 12.2. The lowest BCUT2D eigenvalue weighted by Gasteiger charge is -2.19. The Hall–Kier alpha value is -1.34. The third-order valence-corrected chi connectivity index (χ3v) is 5.58. The van der Waals surface area contributed by atoms with Crippen LogP contribution < -0.4 is 5.32 Å². The molecular formula is C19H23N. The first-order valence-corrected chi connectivity index (χ1v) is 8.05. The summed E-state index contributed by atoms with van der Waals surface area (Å²) in [5.74, 6) is 2.84. The zero-order valence-corrected chi connectivity index (χ0v) is 12.2. The molecule has 1 N–H and O–H groups in total. The summed E-state index contributed by atoms with van der Waals surface area (Å²) in [6, 6.07) is 16.1. The van der Waals surface area contributed by atoms with E-state index >= 15 is 0 Å². The summed E-state index contributed by atoms with van der Waals surface area (Å²) < 4.78 is 0. The van der Waals surface area contributed by atoms with E-state index in [0.29, 0.717) is 6.04 Å². The van der Waals surface area contributed by atoms with Gasteiger partial charge in [-0.2, -0.15) is 0 Å². The van der Waals surface area contributed by atoms with Crippen LogP contribution in [0.5, 0.6) is 0 Å². The predicted octanol–water partition coefficient (Wildman–Crippen LogP) is 4.54. The van der Waals surface area contributed by atoms with E-state index in [4.69, 9.17) is 0 Å². The van der Waals surface area contributed by atoms with Crippen molar-refractivity contribution in [1.29, 1.82) is 0 Å². The molecule has 2 aliphatic rings. The van der Waals surface area contributed by atoms with Crippen molar-refractivity contribution in [2.75, 3.05) is 7.05 Å². The monoisotopic (exact) mass is 265 g/mol. The van der Waals surface area contributed by atoms with E-state index < -0.39 is 0 Å². The van der Waals surface area contributed by atoms with Crippen molar-refractivity contribution < 1.29 is 0 Å². The van der Waals surface area contributed by atoms with Gasteiger partial charge in [-0.25, -0.2) is 0 Å². The molecule has 1 nitrogen and oxygen atoms in total. The Morgan fingerprint density at radius 2 is 1.65 bits per heavy atom. The third kappa shape index (κ3) is 1.88. The highest BCUT2D eigenvalue weighted by molar-refractivity contribution is 5.86. The van der Waals surface area contributed by atoms with Crippen molar-refractivity contribution in [2.24, 2.45) is 17.8 Å². The summed E-state index contributed by atoms with van der Waals surface area (Å²) in [7, 11) is 2.14. The summed E-state index contributed by atoms with van der Waals surface area (Å²) in [5.41, 5.74) is 1.50. The van der Waals surface area contributed by atoms with Crippen LogP contribution in [0.1, 0.15) is 37.3 Å². The molecule has 0 saturated heterocycles. The van der Waals surface area contributed by atoms with Gasteiger partial charge in [0.1, 0.15) is 0 Å². The molecular weight excluding hydrogens is 242 g/mol. The summed E-state index contributed by atoms with van der Waals surface area (Å²) in [6.07, 6.45) is 5.81. The van der Waals surface area contributed by atoms with E-state index in [-0.39, 0.29) is 0 Å². The molecule has 0 bridgehead atoms. The second-order valence-electron chi connectivity index (χ2n) is 6.52. The lowest BCUT2D eigenvalue weighted by molar-refractivity contribution is 0.480. The molecule has 2 saturated carbocycles. The Bertz CT molecular complexity index is 601. The Kier molecular flexibility index (Phi) is 3.03. The van der Waals surface area contributed by atoms with Crippen LogP contribution >= 0.6 is 0 Å². The Morgan fingerprint density at radius 1 is 0.950 bits per heavy atom. The molecule has 0 amide bonds. The normalized spacial score (nSPS) is 29.9. The Balaban J connectivity index is 1.73. The number of hydrogen-bond donors (Lipinski definition) is 1. The molecule has 0 radical (unpaired) electrons. The summed E-state index contributed by atoms with van der Waals surface area (Å²) >= 11 is 0. The van der Waals surface area contributed by atoms with E-state index in [1.54, 1.807) is 0 Å². The zero-order chi connectivity index (χ0) is 13.5. The first-order chi connectivity index (χ1) is 9.90. The van der Waals surface area contributed by atoms with Crippen LogP contribution in [0, 0.1) is 17.8 Å². The number of fused-ring (bicyclic) bond motifs is 2. The van der Waals surface area contributed by atoms with Gasteiger partial charge in [0.25, 0.3) is 0 Å². The van der Waals surface area contributed by atoms with Crippen LogP contribution in [0.15, 0.2) is 42.5 Å². The van der Waals surface area contributed by atoms with Crippen LogP contribution in [0.3, 0.4) is 0 Å². The van der Waals surface area contributed by atoms with Crippen LogP contribution in [0.25, 0.3) is 10.8 Å². The fourth-order valence-corrected chi connectivity index (χ4v) is 4.62. The molecule has 0 aliphatic heterocycles. The van der Waals surface area contributed by atoms with Crippen molar-refractivity contribution in [3.05, 3.63) is 48.0 Å². The maximum absolute atomic E-state index is 3.63. The highest BCUT2D eigenvalue weighted by atomic mass is 14.9. The lowest BCUT2D eigenvalue weighted by atomic mass is 9.94. The largest absolute Gasteiger partial charge is 0.313 e. The van der Waals surface area contributed by atoms with Gasteiger partial charge in [0.2, 0.25) is 0 Å². The van der Waals surface area contributed by atoms with Crippen LogP contribution in [0.2, 0.25) is 0 Å². The molecule has 20 heavy (non-hydrogen) atoms. The molecule has 3 atom stereocenters. The van der Waals surface area contributed by atoms with Crippen molar-refractivity contribution in [3.8, 4) is 0 Å². The quantitative estimate of drug-likeness (QED) is 0.859. The second-order valence-corrected chi connectivity index (χ2v) is 6.52. The highest BCUT2D eigenvalue weighted by Gasteiger charge is 2.54. The average molecular weight is 265 g/mol.